The molecule has 0 N–H and O–H groups in total. The molecule has 18 heavy (non-hydrogen) atoms. The third-order valence-electron chi connectivity index (χ3n) is 3.35. The number of piperidine rings is 1. The normalized spacial score (nSPS) is 18.2. The summed E-state index contributed by atoms with van der Waals surface area (Å²) in [5.41, 5.74) is 0.841. The van der Waals surface area contributed by atoms with Gasteiger partial charge in [0.25, 0.3) is 0 Å². The minimum atomic E-state index is -0.263. The maximum absolute atomic E-state index is 13.5. The third kappa shape index (κ3) is 3.44. The number of benzene rings is 1. The average molecular weight is 337 g/mol. The number of likely N-dealkylation sites (tertiary alicyclic amines) is 1. The van der Waals surface area contributed by atoms with Gasteiger partial charge in [0.2, 0.25) is 0 Å². The van der Waals surface area contributed by atoms with Crippen LogP contribution in [0.1, 0.15) is 18.4 Å². The number of hydrogen-bond donors (Lipinski definition) is 0. The molecule has 0 amide bonds. The largest absolute Gasteiger partial charge is 0.381 e. The molecule has 0 unspecified atom stereocenters. The topological polar surface area (TPSA) is 12.5 Å². The molecule has 1 fully saturated rings. The summed E-state index contributed by atoms with van der Waals surface area (Å²) in [6.07, 6.45) is 2.40. The zero-order valence-corrected chi connectivity index (χ0v) is 12.6. The Labute approximate surface area is 120 Å². The molecule has 100 valence electrons. The van der Waals surface area contributed by atoms with E-state index in [0.717, 1.165) is 31.5 Å². The highest BCUT2D eigenvalue weighted by atomic mass is 79.9. The molecule has 0 radical (unpaired) electrons. The second-order valence-electron chi connectivity index (χ2n) is 4.57. The van der Waals surface area contributed by atoms with Crippen LogP contribution in [0.4, 0.5) is 4.39 Å². The summed E-state index contributed by atoms with van der Waals surface area (Å²) < 4.78 is 19.2. The summed E-state index contributed by atoms with van der Waals surface area (Å²) in [5, 5.41) is 0.608. The lowest BCUT2D eigenvalue weighted by Crippen LogP contribution is -2.36. The van der Waals surface area contributed by atoms with Gasteiger partial charge in [0.15, 0.2) is 0 Å². The highest BCUT2D eigenvalue weighted by Crippen LogP contribution is 2.26. The molecule has 1 aliphatic rings. The number of methoxy groups -OCH3 is 1. The molecule has 1 saturated heterocycles. The first-order valence-corrected chi connectivity index (χ1v) is 7.16. The van der Waals surface area contributed by atoms with Crippen molar-refractivity contribution in [3.63, 3.8) is 0 Å². The molecular formula is C13H16BrClFNO. The quantitative estimate of drug-likeness (QED) is 0.777. The molecule has 0 saturated carbocycles. The van der Waals surface area contributed by atoms with Gasteiger partial charge in [0, 0.05) is 31.8 Å². The molecule has 5 heteroatoms. The zero-order valence-electron chi connectivity index (χ0n) is 10.3. The SMILES string of the molecule is COC1CCN(Cc2cc(F)c(Br)cc2Cl)CC1. The van der Waals surface area contributed by atoms with Crippen molar-refractivity contribution in [3.8, 4) is 0 Å². The van der Waals surface area contributed by atoms with Crippen molar-refractivity contribution < 1.29 is 9.13 Å². The Balaban J connectivity index is 2.00. The molecule has 0 aromatic heterocycles. The van der Waals surface area contributed by atoms with E-state index in [1.54, 1.807) is 13.2 Å². The average Bonchev–Trinajstić information content (AvgIpc) is 2.37. The molecule has 0 bridgehead atoms. The predicted molar refractivity (Wildman–Crippen MR) is 74.4 cm³/mol. The number of nitrogens with zero attached hydrogens (tertiary/aromatic N) is 1. The van der Waals surface area contributed by atoms with Gasteiger partial charge in [0.1, 0.15) is 5.82 Å². The second kappa shape index (κ2) is 6.33. The molecule has 1 aromatic rings. The van der Waals surface area contributed by atoms with Gasteiger partial charge in [-0.25, -0.2) is 4.39 Å². The molecular weight excluding hydrogens is 321 g/mol. The molecule has 2 rings (SSSR count). The van der Waals surface area contributed by atoms with Crippen molar-refractivity contribution in [2.24, 2.45) is 0 Å². The summed E-state index contributed by atoms with van der Waals surface area (Å²) >= 11 is 9.26. The first-order valence-electron chi connectivity index (χ1n) is 5.98. The maximum atomic E-state index is 13.5. The monoisotopic (exact) mass is 335 g/mol. The van der Waals surface area contributed by atoms with E-state index in [-0.39, 0.29) is 5.82 Å². The molecule has 1 aromatic carbocycles. The van der Waals surface area contributed by atoms with Crippen LogP contribution in [0.15, 0.2) is 16.6 Å². The van der Waals surface area contributed by atoms with E-state index >= 15 is 0 Å². The first kappa shape index (κ1) is 14.3. The van der Waals surface area contributed by atoms with Crippen LogP contribution in [0, 0.1) is 5.82 Å². The maximum Gasteiger partial charge on any atom is 0.137 e. The molecule has 1 aliphatic heterocycles. The van der Waals surface area contributed by atoms with Gasteiger partial charge in [-0.05, 0) is 46.5 Å². The Bertz CT molecular complexity index is 422. The molecule has 0 atom stereocenters. The van der Waals surface area contributed by atoms with Crippen molar-refractivity contribution in [2.45, 2.75) is 25.5 Å². The summed E-state index contributed by atoms with van der Waals surface area (Å²) in [7, 11) is 1.75. The van der Waals surface area contributed by atoms with E-state index in [1.807, 2.05) is 0 Å². The van der Waals surface area contributed by atoms with Gasteiger partial charge in [0.05, 0.1) is 10.6 Å². The highest BCUT2D eigenvalue weighted by Gasteiger charge is 2.19. The van der Waals surface area contributed by atoms with Crippen molar-refractivity contribution in [3.05, 3.63) is 33.0 Å². The van der Waals surface area contributed by atoms with Gasteiger partial charge in [-0.1, -0.05) is 11.6 Å². The van der Waals surface area contributed by atoms with Gasteiger partial charge in [-0.2, -0.15) is 0 Å². The van der Waals surface area contributed by atoms with E-state index in [0.29, 0.717) is 22.1 Å². The lowest BCUT2D eigenvalue weighted by atomic mass is 10.1. The lowest BCUT2D eigenvalue weighted by Gasteiger charge is -2.31. The fourth-order valence-electron chi connectivity index (χ4n) is 2.23. The minimum absolute atomic E-state index is 0.263. The molecule has 2 nitrogen and oxygen atoms in total. The van der Waals surface area contributed by atoms with Crippen LogP contribution in [0.25, 0.3) is 0 Å². The van der Waals surface area contributed by atoms with Crippen LogP contribution in [0.5, 0.6) is 0 Å². The Morgan fingerprint density at radius 3 is 2.72 bits per heavy atom. The van der Waals surface area contributed by atoms with Gasteiger partial charge >= 0.3 is 0 Å². The molecule has 1 heterocycles. The Hall–Kier alpha value is -0.160. The van der Waals surface area contributed by atoms with E-state index < -0.39 is 0 Å². The number of halogens is 3. The van der Waals surface area contributed by atoms with E-state index in [4.69, 9.17) is 16.3 Å². The minimum Gasteiger partial charge on any atom is -0.381 e. The third-order valence-corrected chi connectivity index (χ3v) is 4.31. The summed E-state index contributed by atoms with van der Waals surface area (Å²) in [5.74, 6) is -0.263. The highest BCUT2D eigenvalue weighted by molar-refractivity contribution is 9.10. The van der Waals surface area contributed by atoms with Gasteiger partial charge in [-0.15, -0.1) is 0 Å². The molecule has 0 aliphatic carbocycles. The number of ether oxygens (including phenoxy) is 1. The van der Waals surface area contributed by atoms with Crippen LogP contribution in [-0.4, -0.2) is 31.2 Å². The van der Waals surface area contributed by atoms with Crippen LogP contribution in [0.2, 0.25) is 5.02 Å². The molecule has 0 spiro atoms. The van der Waals surface area contributed by atoms with E-state index in [1.165, 1.54) is 6.07 Å². The van der Waals surface area contributed by atoms with Gasteiger partial charge < -0.3 is 4.74 Å². The van der Waals surface area contributed by atoms with Crippen molar-refractivity contribution >= 4 is 27.5 Å². The summed E-state index contributed by atoms with van der Waals surface area (Å²) in [4.78, 5) is 2.28. The zero-order chi connectivity index (χ0) is 13.1. The fourth-order valence-corrected chi connectivity index (χ4v) is 2.93. The van der Waals surface area contributed by atoms with Crippen molar-refractivity contribution in [1.29, 1.82) is 0 Å². The predicted octanol–water partition coefficient (Wildman–Crippen LogP) is 3.85. The second-order valence-corrected chi connectivity index (χ2v) is 5.83. The lowest BCUT2D eigenvalue weighted by molar-refractivity contribution is 0.0388. The fraction of sp³-hybridized carbons (Fsp3) is 0.538. The van der Waals surface area contributed by atoms with E-state index in [2.05, 4.69) is 20.8 Å². The first-order chi connectivity index (χ1) is 8.60. The van der Waals surface area contributed by atoms with Crippen LogP contribution in [-0.2, 0) is 11.3 Å². The smallest absolute Gasteiger partial charge is 0.137 e. The Morgan fingerprint density at radius 1 is 1.44 bits per heavy atom. The number of rotatable bonds is 3. The Morgan fingerprint density at radius 2 is 2.11 bits per heavy atom. The van der Waals surface area contributed by atoms with Crippen molar-refractivity contribution in [1.82, 2.24) is 4.90 Å². The van der Waals surface area contributed by atoms with Crippen molar-refractivity contribution in [2.75, 3.05) is 20.2 Å². The standard InChI is InChI=1S/C13H16BrClFNO/c1-18-10-2-4-17(5-3-10)8-9-6-13(16)11(14)7-12(9)15/h6-7,10H,2-5,8H2,1H3. The van der Waals surface area contributed by atoms with Crippen LogP contribution >= 0.6 is 27.5 Å². The van der Waals surface area contributed by atoms with E-state index in [9.17, 15) is 4.39 Å². The number of hydrogen-bond acceptors (Lipinski definition) is 2. The summed E-state index contributed by atoms with van der Waals surface area (Å²) in [6.45, 7) is 2.62. The van der Waals surface area contributed by atoms with Gasteiger partial charge in [-0.3, -0.25) is 4.90 Å². The van der Waals surface area contributed by atoms with Crippen LogP contribution in [0.3, 0.4) is 0 Å². The summed E-state index contributed by atoms with van der Waals surface area (Å²) in [6, 6.07) is 3.13. The van der Waals surface area contributed by atoms with Crippen LogP contribution < -0.4 is 0 Å². The Kier molecular flexibility index (Phi) is 5.01.